The maximum atomic E-state index is 12.1. The molecule has 6 nitrogen and oxygen atoms in total. The summed E-state index contributed by atoms with van der Waals surface area (Å²) in [5, 5.41) is 11.2. The van der Waals surface area contributed by atoms with E-state index in [2.05, 4.69) is 17.0 Å². The van der Waals surface area contributed by atoms with Crippen LogP contribution in [-0.4, -0.2) is 32.2 Å². The molecule has 144 valence electrons. The maximum absolute atomic E-state index is 12.1. The van der Waals surface area contributed by atoms with E-state index in [0.717, 1.165) is 50.6 Å². The number of nitro benzene ring substituents is 1. The third-order valence-electron chi connectivity index (χ3n) is 5.11. The number of hydrogen-bond donors (Lipinski definition) is 0. The number of benzene rings is 2. The minimum Gasteiger partial charge on any atom is -0.368 e. The largest absolute Gasteiger partial charge is 0.368 e. The smallest absolute Gasteiger partial charge is 0.288 e. The number of aryl methyl sites for hydroxylation is 1. The summed E-state index contributed by atoms with van der Waals surface area (Å²) in [6, 6.07) is 15.0. The third kappa shape index (κ3) is 4.66. The number of nitrogens with zero attached hydrogens (tertiary/aromatic N) is 2. The van der Waals surface area contributed by atoms with Crippen molar-refractivity contribution < 1.29 is 13.3 Å². The highest BCUT2D eigenvalue weighted by atomic mass is 32.2. The minimum atomic E-state index is -3.68. The van der Waals surface area contributed by atoms with Gasteiger partial charge in [-0.2, -0.15) is 0 Å². The summed E-state index contributed by atoms with van der Waals surface area (Å²) in [4.78, 5) is 12.6. The SMILES string of the molecule is CS(=O)(=O)c1cc(N2CCCCC2CCc2ccccc2)ccc1[N+](=O)[O-]. The molecule has 1 heterocycles. The molecule has 7 heteroatoms. The Kier molecular flexibility index (Phi) is 5.79. The molecule has 1 saturated heterocycles. The van der Waals surface area contributed by atoms with Crippen molar-refractivity contribution in [3.05, 3.63) is 64.2 Å². The van der Waals surface area contributed by atoms with Gasteiger partial charge >= 0.3 is 0 Å². The number of anilines is 1. The van der Waals surface area contributed by atoms with E-state index in [9.17, 15) is 18.5 Å². The standard InChI is InChI=1S/C20H24N2O4S/c1-27(25,26)20-15-18(12-13-19(20)22(23)24)21-14-6-5-9-17(21)11-10-16-7-3-2-4-8-16/h2-4,7-8,12-13,15,17H,5-6,9-11,14H2,1H3. The minimum absolute atomic E-state index is 0.211. The Morgan fingerprint density at radius 2 is 1.89 bits per heavy atom. The van der Waals surface area contributed by atoms with Crippen LogP contribution in [0.4, 0.5) is 11.4 Å². The van der Waals surface area contributed by atoms with Gasteiger partial charge in [0.1, 0.15) is 4.90 Å². The van der Waals surface area contributed by atoms with Gasteiger partial charge in [0.05, 0.1) is 4.92 Å². The van der Waals surface area contributed by atoms with E-state index < -0.39 is 14.8 Å². The Hall–Kier alpha value is -2.41. The zero-order valence-electron chi connectivity index (χ0n) is 15.4. The van der Waals surface area contributed by atoms with Crippen LogP contribution in [0.15, 0.2) is 53.4 Å². The highest BCUT2D eigenvalue weighted by molar-refractivity contribution is 7.90. The molecule has 0 spiro atoms. The molecular formula is C20H24N2O4S. The topological polar surface area (TPSA) is 80.5 Å². The van der Waals surface area contributed by atoms with Crippen LogP contribution in [0.3, 0.4) is 0 Å². The van der Waals surface area contributed by atoms with Gasteiger partial charge < -0.3 is 4.90 Å². The number of sulfone groups is 1. The van der Waals surface area contributed by atoms with Crippen LogP contribution in [0.2, 0.25) is 0 Å². The van der Waals surface area contributed by atoms with Crippen LogP contribution in [0.5, 0.6) is 0 Å². The predicted octanol–water partition coefficient (Wildman–Crippen LogP) is 3.99. The quantitative estimate of drug-likeness (QED) is 0.552. The van der Waals surface area contributed by atoms with Crippen molar-refractivity contribution in [1.82, 2.24) is 0 Å². The van der Waals surface area contributed by atoms with E-state index in [1.165, 1.54) is 17.7 Å². The fraction of sp³-hybridized carbons (Fsp3) is 0.400. The first-order chi connectivity index (χ1) is 12.9. The van der Waals surface area contributed by atoms with E-state index in [0.29, 0.717) is 6.04 Å². The maximum Gasteiger partial charge on any atom is 0.288 e. The zero-order chi connectivity index (χ0) is 19.4. The van der Waals surface area contributed by atoms with E-state index >= 15 is 0 Å². The first-order valence-corrected chi connectivity index (χ1v) is 11.0. The molecule has 0 N–H and O–H groups in total. The molecule has 1 aliphatic rings. The van der Waals surface area contributed by atoms with Gasteiger partial charge in [-0.25, -0.2) is 8.42 Å². The summed E-state index contributed by atoms with van der Waals surface area (Å²) in [6.07, 6.45) is 6.15. The van der Waals surface area contributed by atoms with E-state index in [4.69, 9.17) is 0 Å². The van der Waals surface area contributed by atoms with Gasteiger partial charge in [-0.1, -0.05) is 30.3 Å². The van der Waals surface area contributed by atoms with Crippen LogP contribution >= 0.6 is 0 Å². The second-order valence-electron chi connectivity index (χ2n) is 7.05. The molecule has 2 aromatic rings. The molecule has 2 aromatic carbocycles. The molecule has 0 amide bonds. The summed E-state index contributed by atoms with van der Waals surface area (Å²) in [5.74, 6) is 0. The molecule has 0 aliphatic carbocycles. The van der Waals surface area contributed by atoms with Gasteiger partial charge in [-0.15, -0.1) is 0 Å². The van der Waals surface area contributed by atoms with Crippen LogP contribution in [0, 0.1) is 10.1 Å². The first-order valence-electron chi connectivity index (χ1n) is 9.15. The van der Waals surface area contributed by atoms with Crippen molar-refractivity contribution in [3.8, 4) is 0 Å². The summed E-state index contributed by atoms with van der Waals surface area (Å²) in [7, 11) is -3.68. The summed E-state index contributed by atoms with van der Waals surface area (Å²) < 4.78 is 24.1. The van der Waals surface area contributed by atoms with Gasteiger partial charge in [0.2, 0.25) is 0 Å². The molecule has 0 saturated carbocycles. The van der Waals surface area contributed by atoms with Crippen molar-refractivity contribution in [3.63, 3.8) is 0 Å². The Balaban J connectivity index is 1.87. The average molecular weight is 388 g/mol. The predicted molar refractivity (Wildman–Crippen MR) is 106 cm³/mol. The fourth-order valence-corrected chi connectivity index (χ4v) is 4.61. The number of rotatable bonds is 6. The van der Waals surface area contributed by atoms with Crippen molar-refractivity contribution in [2.24, 2.45) is 0 Å². The molecule has 1 aliphatic heterocycles. The van der Waals surface area contributed by atoms with Crippen LogP contribution in [-0.2, 0) is 16.3 Å². The lowest BCUT2D eigenvalue weighted by molar-refractivity contribution is -0.387. The van der Waals surface area contributed by atoms with Crippen LogP contribution in [0.25, 0.3) is 0 Å². The van der Waals surface area contributed by atoms with Crippen LogP contribution in [0.1, 0.15) is 31.2 Å². The van der Waals surface area contributed by atoms with Crippen molar-refractivity contribution in [2.75, 3.05) is 17.7 Å². The number of hydrogen-bond acceptors (Lipinski definition) is 5. The van der Waals surface area contributed by atoms with Crippen LogP contribution < -0.4 is 4.90 Å². The molecule has 0 aromatic heterocycles. The number of piperidine rings is 1. The Labute approximate surface area is 159 Å². The van der Waals surface area contributed by atoms with Crippen molar-refractivity contribution in [1.29, 1.82) is 0 Å². The first kappa shape index (κ1) is 19.4. The fourth-order valence-electron chi connectivity index (χ4n) is 3.75. The Morgan fingerprint density at radius 3 is 2.56 bits per heavy atom. The van der Waals surface area contributed by atoms with E-state index in [1.54, 1.807) is 6.07 Å². The highest BCUT2D eigenvalue weighted by Gasteiger charge is 2.27. The second-order valence-corrected chi connectivity index (χ2v) is 9.03. The average Bonchev–Trinajstić information content (AvgIpc) is 2.66. The Bertz CT molecular complexity index is 913. The molecule has 1 fully saturated rings. The summed E-state index contributed by atoms with van der Waals surface area (Å²) in [6.45, 7) is 0.834. The van der Waals surface area contributed by atoms with Gasteiger partial charge in [-0.3, -0.25) is 10.1 Å². The molecule has 0 bridgehead atoms. The third-order valence-corrected chi connectivity index (χ3v) is 6.23. The van der Waals surface area contributed by atoms with Gasteiger partial charge in [0.15, 0.2) is 9.84 Å². The monoisotopic (exact) mass is 388 g/mol. The lowest BCUT2D eigenvalue weighted by Crippen LogP contribution is -2.40. The van der Waals surface area contributed by atoms with Crippen molar-refractivity contribution in [2.45, 2.75) is 43.0 Å². The number of nitro groups is 1. The lowest BCUT2D eigenvalue weighted by Gasteiger charge is -2.38. The molecule has 1 atom stereocenters. The van der Waals surface area contributed by atoms with Crippen molar-refractivity contribution >= 4 is 21.2 Å². The molecule has 1 unspecified atom stereocenters. The summed E-state index contributed by atoms with van der Waals surface area (Å²) >= 11 is 0. The summed E-state index contributed by atoms with van der Waals surface area (Å²) in [5.41, 5.74) is 1.67. The van der Waals surface area contributed by atoms with E-state index in [-0.39, 0.29) is 10.6 Å². The van der Waals surface area contributed by atoms with Gasteiger partial charge in [0, 0.05) is 30.6 Å². The Morgan fingerprint density at radius 1 is 1.15 bits per heavy atom. The zero-order valence-corrected chi connectivity index (χ0v) is 16.2. The molecule has 27 heavy (non-hydrogen) atoms. The van der Waals surface area contributed by atoms with Gasteiger partial charge in [0.25, 0.3) is 5.69 Å². The highest BCUT2D eigenvalue weighted by Crippen LogP contribution is 2.33. The molecular weight excluding hydrogens is 364 g/mol. The second kappa shape index (κ2) is 8.08. The van der Waals surface area contributed by atoms with E-state index in [1.807, 2.05) is 18.2 Å². The molecule has 0 radical (unpaired) electrons. The normalized spacial score (nSPS) is 17.7. The molecule has 3 rings (SSSR count). The van der Waals surface area contributed by atoms with Gasteiger partial charge in [-0.05, 0) is 49.8 Å². The lowest BCUT2D eigenvalue weighted by atomic mass is 9.95.